The monoisotopic (exact) mass is 134 g/mol. The number of aliphatic hydroxyl groups excluding tert-OH is 1. The van der Waals surface area contributed by atoms with Crippen LogP contribution in [0, 0.1) is 0 Å². The summed E-state index contributed by atoms with van der Waals surface area (Å²) in [5.41, 5.74) is 1.51. The van der Waals surface area contributed by atoms with Crippen LogP contribution in [0.15, 0.2) is 11.6 Å². The van der Waals surface area contributed by atoms with Crippen molar-refractivity contribution in [2.24, 2.45) is 0 Å². The Morgan fingerprint density at radius 1 is 1.38 bits per heavy atom. The number of aliphatic hydroxyl groups is 1. The zero-order valence-electron chi connectivity index (χ0n) is 4.81. The zero-order valence-corrected chi connectivity index (χ0v) is 5.56. The molecule has 0 aromatic carbocycles. The van der Waals surface area contributed by atoms with Crippen molar-refractivity contribution in [3.05, 3.63) is 11.6 Å². The first kappa shape index (κ1) is 7.99. The van der Waals surface area contributed by atoms with Gasteiger partial charge < -0.3 is 5.11 Å². The smallest absolute Gasteiger partial charge is 0.0431 e. The van der Waals surface area contributed by atoms with Gasteiger partial charge in [0.25, 0.3) is 0 Å². The highest BCUT2D eigenvalue weighted by atomic mass is 35.5. The van der Waals surface area contributed by atoms with E-state index in [-0.39, 0.29) is 6.61 Å². The molecule has 0 rings (SSSR count). The number of hydrogen-bond acceptors (Lipinski definition) is 1. The fourth-order valence-corrected chi connectivity index (χ4v) is 0.563. The Hall–Kier alpha value is -0.0100. The van der Waals surface area contributed by atoms with Crippen LogP contribution in [0.3, 0.4) is 0 Å². The van der Waals surface area contributed by atoms with Crippen LogP contribution < -0.4 is 0 Å². The molecular weight excluding hydrogens is 124 g/mol. The molecule has 0 saturated heterocycles. The van der Waals surface area contributed by atoms with Crippen LogP contribution in [0.1, 0.15) is 19.3 Å². The molecule has 0 bridgehead atoms. The fraction of sp³-hybridized carbons (Fsp3) is 0.667. The van der Waals surface area contributed by atoms with Crippen molar-refractivity contribution in [3.63, 3.8) is 0 Å². The molecule has 0 radical (unpaired) electrons. The van der Waals surface area contributed by atoms with Gasteiger partial charge in [0.2, 0.25) is 0 Å². The number of hydrogen-bond donors (Lipinski definition) is 1. The standard InChI is InChI=1S/C6H11ClO/c7-5-3-1-2-4-6-8/h3,5,8H,1-2,4,6H2/b5-3+. The summed E-state index contributed by atoms with van der Waals surface area (Å²) in [5.74, 6) is 0. The molecule has 1 nitrogen and oxygen atoms in total. The van der Waals surface area contributed by atoms with E-state index < -0.39 is 0 Å². The summed E-state index contributed by atoms with van der Waals surface area (Å²) in [5, 5.41) is 8.31. The second-order valence-corrected chi connectivity index (χ2v) is 1.83. The van der Waals surface area contributed by atoms with Gasteiger partial charge in [-0.3, -0.25) is 0 Å². The van der Waals surface area contributed by atoms with Crippen LogP contribution in [-0.4, -0.2) is 11.7 Å². The molecular formula is C6H11ClO. The maximum atomic E-state index is 8.31. The summed E-state index contributed by atoms with van der Waals surface area (Å²) in [6.07, 6.45) is 4.77. The summed E-state index contributed by atoms with van der Waals surface area (Å²) in [4.78, 5) is 0. The molecule has 0 aliphatic heterocycles. The van der Waals surface area contributed by atoms with Crippen LogP contribution in [0.25, 0.3) is 0 Å². The minimum atomic E-state index is 0.288. The molecule has 0 amide bonds. The molecule has 0 unspecified atom stereocenters. The lowest BCUT2D eigenvalue weighted by molar-refractivity contribution is 0.285. The van der Waals surface area contributed by atoms with E-state index in [1.165, 1.54) is 5.54 Å². The SMILES string of the molecule is OCCCC/C=C/Cl. The highest BCUT2D eigenvalue weighted by Crippen LogP contribution is 1.95. The number of unbranched alkanes of at least 4 members (excludes halogenated alkanes) is 2. The zero-order chi connectivity index (χ0) is 6.24. The van der Waals surface area contributed by atoms with Crippen molar-refractivity contribution in [3.8, 4) is 0 Å². The Morgan fingerprint density at radius 3 is 2.62 bits per heavy atom. The molecule has 1 N–H and O–H groups in total. The van der Waals surface area contributed by atoms with Crippen LogP contribution in [-0.2, 0) is 0 Å². The normalized spacial score (nSPS) is 10.8. The summed E-state index contributed by atoms with van der Waals surface area (Å²) in [7, 11) is 0. The Kier molecular flexibility index (Phi) is 6.98. The molecule has 0 aliphatic rings. The van der Waals surface area contributed by atoms with Gasteiger partial charge in [0.1, 0.15) is 0 Å². The van der Waals surface area contributed by atoms with Gasteiger partial charge in [0.05, 0.1) is 0 Å². The highest BCUT2D eigenvalue weighted by Gasteiger charge is 1.79. The predicted octanol–water partition coefficient (Wildman–Crippen LogP) is 1.90. The average molecular weight is 135 g/mol. The van der Waals surface area contributed by atoms with Crippen molar-refractivity contribution in [1.29, 1.82) is 0 Å². The highest BCUT2D eigenvalue weighted by molar-refractivity contribution is 6.25. The van der Waals surface area contributed by atoms with Crippen molar-refractivity contribution in [2.45, 2.75) is 19.3 Å². The van der Waals surface area contributed by atoms with Crippen LogP contribution >= 0.6 is 11.6 Å². The average Bonchev–Trinajstić information content (AvgIpc) is 1.81. The number of rotatable bonds is 4. The maximum absolute atomic E-state index is 8.31. The Bertz CT molecular complexity index is 61.5. The fourth-order valence-electron chi connectivity index (χ4n) is 0.437. The van der Waals surface area contributed by atoms with Gasteiger partial charge in [0, 0.05) is 12.1 Å². The molecule has 0 fully saturated rings. The minimum Gasteiger partial charge on any atom is -0.396 e. The first-order valence-corrected chi connectivity index (χ1v) is 3.21. The molecule has 0 saturated carbocycles. The second kappa shape index (κ2) is 6.99. The molecule has 0 atom stereocenters. The van der Waals surface area contributed by atoms with Gasteiger partial charge in [-0.1, -0.05) is 17.7 Å². The minimum absolute atomic E-state index is 0.288. The third-order valence-corrected chi connectivity index (χ3v) is 1.05. The van der Waals surface area contributed by atoms with Gasteiger partial charge in [0.15, 0.2) is 0 Å². The second-order valence-electron chi connectivity index (χ2n) is 1.58. The summed E-state index contributed by atoms with van der Waals surface area (Å²) < 4.78 is 0. The number of halogens is 1. The first-order valence-electron chi connectivity index (χ1n) is 2.78. The van der Waals surface area contributed by atoms with E-state index in [1.54, 1.807) is 0 Å². The topological polar surface area (TPSA) is 20.2 Å². The quantitative estimate of drug-likeness (QED) is 0.583. The van der Waals surface area contributed by atoms with Gasteiger partial charge >= 0.3 is 0 Å². The van der Waals surface area contributed by atoms with E-state index in [2.05, 4.69) is 0 Å². The molecule has 0 spiro atoms. The Balaban J connectivity index is 2.72. The summed E-state index contributed by atoms with van der Waals surface area (Å²) in [6.45, 7) is 0.288. The van der Waals surface area contributed by atoms with Crippen molar-refractivity contribution in [1.82, 2.24) is 0 Å². The Morgan fingerprint density at radius 2 is 2.12 bits per heavy atom. The first-order chi connectivity index (χ1) is 3.91. The molecule has 0 aromatic rings. The van der Waals surface area contributed by atoms with E-state index in [1.807, 2.05) is 6.08 Å². The Labute approximate surface area is 55.0 Å². The maximum Gasteiger partial charge on any atom is 0.0431 e. The summed E-state index contributed by atoms with van der Waals surface area (Å²) >= 11 is 5.24. The molecule has 2 heteroatoms. The largest absolute Gasteiger partial charge is 0.396 e. The molecule has 0 heterocycles. The lowest BCUT2D eigenvalue weighted by Crippen LogP contribution is -1.79. The molecule has 48 valence electrons. The van der Waals surface area contributed by atoms with Gasteiger partial charge in [-0.25, -0.2) is 0 Å². The van der Waals surface area contributed by atoms with Crippen molar-refractivity contribution < 1.29 is 5.11 Å². The lowest BCUT2D eigenvalue weighted by Gasteiger charge is -1.88. The van der Waals surface area contributed by atoms with Gasteiger partial charge in [-0.2, -0.15) is 0 Å². The predicted molar refractivity (Wildman–Crippen MR) is 35.9 cm³/mol. The van der Waals surface area contributed by atoms with E-state index >= 15 is 0 Å². The van der Waals surface area contributed by atoms with Crippen LogP contribution in [0.2, 0.25) is 0 Å². The third kappa shape index (κ3) is 5.99. The van der Waals surface area contributed by atoms with Crippen LogP contribution in [0.5, 0.6) is 0 Å². The van der Waals surface area contributed by atoms with E-state index in [0.29, 0.717) is 0 Å². The van der Waals surface area contributed by atoms with Gasteiger partial charge in [-0.15, -0.1) is 0 Å². The number of allylic oxidation sites excluding steroid dienone is 1. The van der Waals surface area contributed by atoms with Gasteiger partial charge in [-0.05, 0) is 19.3 Å². The van der Waals surface area contributed by atoms with Crippen molar-refractivity contribution >= 4 is 11.6 Å². The van der Waals surface area contributed by atoms with Crippen LogP contribution in [0.4, 0.5) is 0 Å². The van der Waals surface area contributed by atoms with E-state index in [0.717, 1.165) is 19.3 Å². The molecule has 0 aliphatic carbocycles. The lowest BCUT2D eigenvalue weighted by atomic mass is 10.2. The molecule has 0 aromatic heterocycles. The van der Waals surface area contributed by atoms with Crippen molar-refractivity contribution in [2.75, 3.05) is 6.61 Å². The third-order valence-electron chi connectivity index (χ3n) is 0.868. The molecule has 8 heavy (non-hydrogen) atoms. The summed E-state index contributed by atoms with van der Waals surface area (Å²) in [6, 6.07) is 0. The van der Waals surface area contributed by atoms with E-state index in [4.69, 9.17) is 16.7 Å². The van der Waals surface area contributed by atoms with E-state index in [9.17, 15) is 0 Å².